The first kappa shape index (κ1) is 25.6. The van der Waals surface area contributed by atoms with Gasteiger partial charge < -0.3 is 19.8 Å². The Morgan fingerprint density at radius 1 is 1.19 bits per heavy atom. The minimum atomic E-state index is -5.08. The van der Waals surface area contributed by atoms with Crippen LogP contribution in [0.5, 0.6) is 0 Å². The number of halogens is 3. The number of carboxylic acids is 1. The van der Waals surface area contributed by atoms with Crippen LogP contribution in [0.1, 0.15) is 37.1 Å². The fourth-order valence-corrected chi connectivity index (χ4v) is 4.04. The number of aromatic nitrogens is 1. The van der Waals surface area contributed by atoms with Gasteiger partial charge in [0.05, 0.1) is 18.8 Å². The number of piperidine rings is 1. The Hall–Kier alpha value is -2.69. The first-order chi connectivity index (χ1) is 14.8. The molecule has 2 aliphatic heterocycles. The smallest absolute Gasteiger partial charge is 0.475 e. The van der Waals surface area contributed by atoms with Gasteiger partial charge in [-0.25, -0.2) is 4.79 Å². The number of pyridine rings is 1. The predicted octanol–water partition coefficient (Wildman–Crippen LogP) is 2.07. The van der Waals surface area contributed by atoms with Crippen molar-refractivity contribution in [2.75, 3.05) is 33.7 Å². The second-order valence-corrected chi connectivity index (χ2v) is 8.40. The molecule has 32 heavy (non-hydrogen) atoms. The summed E-state index contributed by atoms with van der Waals surface area (Å²) >= 11 is 0. The number of amides is 2. The molecule has 0 unspecified atom stereocenters. The standard InChI is InChI=1S/C19H28N4O2.C2HF3O2/c1-15-5-4-6-16(20-15)13-23-17(24)7-8-19(23)9-11-22(12-10-19)18(25)14-21(2)3;3-2(4,5)1(6)7/h4-6H,7-14H2,1-3H3;(H,6,7). The quantitative estimate of drug-likeness (QED) is 0.743. The van der Waals surface area contributed by atoms with Crippen LogP contribution < -0.4 is 0 Å². The van der Waals surface area contributed by atoms with Crippen LogP contribution in [0.2, 0.25) is 0 Å². The van der Waals surface area contributed by atoms with E-state index in [1.165, 1.54) is 0 Å². The Balaban J connectivity index is 0.000000451. The van der Waals surface area contributed by atoms with Crippen molar-refractivity contribution in [2.45, 2.75) is 50.9 Å². The predicted molar refractivity (Wildman–Crippen MR) is 110 cm³/mol. The fraction of sp³-hybridized carbons (Fsp3) is 0.619. The van der Waals surface area contributed by atoms with Crippen LogP contribution in [0.25, 0.3) is 0 Å². The molecule has 0 bridgehead atoms. The maximum Gasteiger partial charge on any atom is 0.490 e. The molecule has 2 amide bonds. The van der Waals surface area contributed by atoms with E-state index in [-0.39, 0.29) is 17.4 Å². The van der Waals surface area contributed by atoms with Gasteiger partial charge in [0, 0.05) is 30.7 Å². The summed E-state index contributed by atoms with van der Waals surface area (Å²) in [6.45, 7) is 4.46. The third-order valence-corrected chi connectivity index (χ3v) is 5.68. The summed E-state index contributed by atoms with van der Waals surface area (Å²) in [6.07, 6.45) is -1.85. The van der Waals surface area contributed by atoms with Crippen molar-refractivity contribution in [3.05, 3.63) is 29.6 Å². The molecule has 0 aliphatic carbocycles. The number of aliphatic carboxylic acids is 1. The summed E-state index contributed by atoms with van der Waals surface area (Å²) in [5.41, 5.74) is 1.82. The van der Waals surface area contributed by atoms with Crippen LogP contribution in [0.15, 0.2) is 18.2 Å². The molecule has 1 aromatic rings. The Kier molecular flexibility index (Phi) is 8.22. The minimum Gasteiger partial charge on any atom is -0.475 e. The first-order valence-electron chi connectivity index (χ1n) is 10.3. The molecular formula is C21H29F3N4O4. The van der Waals surface area contributed by atoms with Crippen LogP contribution in [0.4, 0.5) is 13.2 Å². The Morgan fingerprint density at radius 2 is 1.78 bits per heavy atom. The van der Waals surface area contributed by atoms with Gasteiger partial charge in [-0.2, -0.15) is 13.2 Å². The number of aryl methyl sites for hydroxylation is 1. The topological polar surface area (TPSA) is 94.1 Å². The molecule has 0 aromatic carbocycles. The van der Waals surface area contributed by atoms with Crippen molar-refractivity contribution in [1.29, 1.82) is 0 Å². The minimum absolute atomic E-state index is 0.0998. The number of alkyl halides is 3. The van der Waals surface area contributed by atoms with E-state index in [0.29, 0.717) is 19.5 Å². The van der Waals surface area contributed by atoms with E-state index < -0.39 is 12.1 Å². The Morgan fingerprint density at radius 3 is 2.28 bits per heavy atom. The highest BCUT2D eigenvalue weighted by Gasteiger charge is 2.47. The number of carbonyl (C=O) groups is 3. The van der Waals surface area contributed by atoms with Crippen LogP contribution in [-0.2, 0) is 20.9 Å². The van der Waals surface area contributed by atoms with Crippen LogP contribution in [0, 0.1) is 6.92 Å². The van der Waals surface area contributed by atoms with Crippen molar-refractivity contribution < 1.29 is 32.7 Å². The lowest BCUT2D eigenvalue weighted by Crippen LogP contribution is -2.54. The van der Waals surface area contributed by atoms with Crippen molar-refractivity contribution in [2.24, 2.45) is 0 Å². The third-order valence-electron chi connectivity index (χ3n) is 5.68. The monoisotopic (exact) mass is 458 g/mol. The zero-order valence-corrected chi connectivity index (χ0v) is 18.5. The van der Waals surface area contributed by atoms with Crippen LogP contribution >= 0.6 is 0 Å². The number of nitrogens with zero attached hydrogens (tertiary/aromatic N) is 4. The number of carbonyl (C=O) groups excluding carboxylic acids is 2. The van der Waals surface area contributed by atoms with Crippen LogP contribution in [-0.4, -0.2) is 88.0 Å². The summed E-state index contributed by atoms with van der Waals surface area (Å²) in [4.78, 5) is 44.1. The van der Waals surface area contributed by atoms with E-state index in [1.807, 2.05) is 53.9 Å². The molecule has 2 fully saturated rings. The van der Waals surface area contributed by atoms with Gasteiger partial charge >= 0.3 is 12.1 Å². The molecule has 1 spiro atoms. The maximum atomic E-state index is 12.5. The number of likely N-dealkylation sites (tertiary alicyclic amines) is 2. The number of carboxylic acid groups (broad SMARTS) is 1. The van der Waals surface area contributed by atoms with Crippen molar-refractivity contribution in [3.63, 3.8) is 0 Å². The van der Waals surface area contributed by atoms with Gasteiger partial charge in [0.2, 0.25) is 11.8 Å². The number of likely N-dealkylation sites (N-methyl/N-ethyl adjacent to an activating group) is 1. The van der Waals surface area contributed by atoms with Crippen molar-refractivity contribution >= 4 is 17.8 Å². The average Bonchev–Trinajstić information content (AvgIpc) is 2.97. The van der Waals surface area contributed by atoms with Gasteiger partial charge in [0.15, 0.2) is 0 Å². The fourth-order valence-electron chi connectivity index (χ4n) is 4.04. The normalized spacial score (nSPS) is 18.0. The molecule has 3 rings (SSSR count). The lowest BCUT2D eigenvalue weighted by molar-refractivity contribution is -0.192. The lowest BCUT2D eigenvalue weighted by atomic mass is 9.84. The second-order valence-electron chi connectivity index (χ2n) is 8.40. The van der Waals surface area contributed by atoms with Crippen molar-refractivity contribution in [3.8, 4) is 0 Å². The van der Waals surface area contributed by atoms with Gasteiger partial charge in [-0.05, 0) is 52.4 Å². The summed E-state index contributed by atoms with van der Waals surface area (Å²) in [6, 6.07) is 5.95. The SMILES string of the molecule is Cc1cccc(CN2C(=O)CCC23CCN(C(=O)CN(C)C)CC3)n1.O=C(O)C(F)(F)F. The molecule has 3 heterocycles. The molecule has 1 N–H and O–H groups in total. The maximum absolute atomic E-state index is 12.5. The van der Waals surface area contributed by atoms with E-state index in [0.717, 1.165) is 43.7 Å². The van der Waals surface area contributed by atoms with E-state index >= 15 is 0 Å². The summed E-state index contributed by atoms with van der Waals surface area (Å²) in [7, 11) is 3.82. The number of hydrogen-bond acceptors (Lipinski definition) is 5. The molecule has 0 saturated carbocycles. The number of hydrogen-bond donors (Lipinski definition) is 1. The molecule has 2 aliphatic rings. The first-order valence-corrected chi connectivity index (χ1v) is 10.3. The summed E-state index contributed by atoms with van der Waals surface area (Å²) in [5.74, 6) is -2.36. The summed E-state index contributed by atoms with van der Waals surface area (Å²) in [5, 5.41) is 7.12. The molecule has 8 nitrogen and oxygen atoms in total. The molecule has 11 heteroatoms. The molecule has 2 saturated heterocycles. The second kappa shape index (κ2) is 10.3. The van der Waals surface area contributed by atoms with Gasteiger partial charge in [0.25, 0.3) is 0 Å². The molecule has 0 atom stereocenters. The molecular weight excluding hydrogens is 429 g/mol. The molecule has 1 aromatic heterocycles. The van der Waals surface area contributed by atoms with Crippen molar-refractivity contribution in [1.82, 2.24) is 19.7 Å². The highest BCUT2D eigenvalue weighted by atomic mass is 19.4. The van der Waals surface area contributed by atoms with E-state index in [4.69, 9.17) is 9.90 Å². The molecule has 0 radical (unpaired) electrons. The van der Waals surface area contributed by atoms with Gasteiger partial charge in [-0.3, -0.25) is 14.6 Å². The Labute approximate surface area is 185 Å². The lowest BCUT2D eigenvalue weighted by Gasteiger charge is -2.45. The average molecular weight is 458 g/mol. The van der Waals surface area contributed by atoms with Gasteiger partial charge in [-0.15, -0.1) is 0 Å². The number of rotatable bonds is 4. The van der Waals surface area contributed by atoms with E-state index in [9.17, 15) is 22.8 Å². The summed E-state index contributed by atoms with van der Waals surface area (Å²) < 4.78 is 31.7. The van der Waals surface area contributed by atoms with Gasteiger partial charge in [0.1, 0.15) is 0 Å². The third kappa shape index (κ3) is 6.65. The largest absolute Gasteiger partial charge is 0.490 e. The zero-order valence-electron chi connectivity index (χ0n) is 18.5. The van der Waals surface area contributed by atoms with E-state index in [1.54, 1.807) is 0 Å². The molecule has 178 valence electrons. The Bertz CT molecular complexity index is 837. The zero-order chi connectivity index (χ0) is 24.1. The highest BCUT2D eigenvalue weighted by Crippen LogP contribution is 2.40. The highest BCUT2D eigenvalue weighted by molar-refractivity contribution is 5.80. The van der Waals surface area contributed by atoms with Gasteiger partial charge in [-0.1, -0.05) is 6.07 Å². The van der Waals surface area contributed by atoms with E-state index in [2.05, 4.69) is 4.98 Å². The van der Waals surface area contributed by atoms with Crippen LogP contribution in [0.3, 0.4) is 0 Å².